The molecule has 1 heterocycles. The first kappa shape index (κ1) is 18.5. The van der Waals surface area contributed by atoms with Gasteiger partial charge in [0.25, 0.3) is 0 Å². The van der Waals surface area contributed by atoms with Gasteiger partial charge < -0.3 is 10.0 Å². The van der Waals surface area contributed by atoms with Gasteiger partial charge in [-0.1, -0.05) is 50.2 Å². The molecule has 26 heavy (non-hydrogen) atoms. The Morgan fingerprint density at radius 2 is 1.65 bits per heavy atom. The molecule has 3 rings (SSSR count). The van der Waals surface area contributed by atoms with Crippen molar-refractivity contribution in [2.75, 3.05) is 37.6 Å². The van der Waals surface area contributed by atoms with Crippen LogP contribution in [0.3, 0.4) is 0 Å². The first-order valence-corrected chi connectivity index (χ1v) is 9.42. The molecule has 138 valence electrons. The Balaban J connectivity index is 1.69. The minimum atomic E-state index is -0.719. The summed E-state index contributed by atoms with van der Waals surface area (Å²) in [6.07, 6.45) is 0.224. The molecule has 0 bridgehead atoms. The van der Waals surface area contributed by atoms with Crippen LogP contribution >= 0.6 is 0 Å². The maximum absolute atomic E-state index is 10.7. The Labute approximate surface area is 156 Å². The lowest BCUT2D eigenvalue weighted by molar-refractivity contribution is -0.137. The van der Waals surface area contributed by atoms with E-state index in [9.17, 15) is 4.79 Å². The second kappa shape index (κ2) is 8.37. The fraction of sp³-hybridized carbons (Fsp3) is 0.409. The molecule has 4 heteroatoms. The molecule has 0 amide bonds. The van der Waals surface area contributed by atoms with Gasteiger partial charge in [0.2, 0.25) is 0 Å². The Morgan fingerprint density at radius 3 is 2.31 bits per heavy atom. The van der Waals surface area contributed by atoms with Gasteiger partial charge in [0.15, 0.2) is 0 Å². The van der Waals surface area contributed by atoms with Crippen LogP contribution < -0.4 is 4.90 Å². The van der Waals surface area contributed by atoms with Gasteiger partial charge in [-0.05, 0) is 34.7 Å². The zero-order valence-corrected chi connectivity index (χ0v) is 15.7. The molecule has 1 saturated heterocycles. The van der Waals surface area contributed by atoms with Crippen molar-refractivity contribution in [1.82, 2.24) is 4.90 Å². The van der Waals surface area contributed by atoms with Crippen LogP contribution in [0.1, 0.15) is 31.7 Å². The number of carboxylic acids is 1. The molecule has 0 spiro atoms. The van der Waals surface area contributed by atoms with Crippen LogP contribution in [0.5, 0.6) is 0 Å². The van der Waals surface area contributed by atoms with Gasteiger partial charge in [0, 0.05) is 38.4 Å². The average molecular weight is 352 g/mol. The summed E-state index contributed by atoms with van der Waals surface area (Å²) in [7, 11) is 0. The third kappa shape index (κ3) is 4.64. The lowest BCUT2D eigenvalue weighted by Crippen LogP contribution is -2.46. The van der Waals surface area contributed by atoms with Crippen molar-refractivity contribution in [3.8, 4) is 11.1 Å². The quantitative estimate of drug-likeness (QED) is 0.851. The minimum Gasteiger partial charge on any atom is -0.481 e. The van der Waals surface area contributed by atoms with E-state index >= 15 is 0 Å². The third-order valence-electron chi connectivity index (χ3n) is 5.11. The molecule has 0 unspecified atom stereocenters. The Morgan fingerprint density at radius 1 is 1.00 bits per heavy atom. The van der Waals surface area contributed by atoms with Gasteiger partial charge in [0.05, 0.1) is 6.42 Å². The fourth-order valence-corrected chi connectivity index (χ4v) is 3.44. The highest BCUT2D eigenvalue weighted by atomic mass is 16.4. The summed E-state index contributed by atoms with van der Waals surface area (Å²) in [5.74, 6) is -0.194. The van der Waals surface area contributed by atoms with E-state index in [1.54, 1.807) is 0 Å². The van der Waals surface area contributed by atoms with Crippen LogP contribution in [-0.2, 0) is 4.79 Å². The van der Waals surface area contributed by atoms with Crippen LogP contribution in [0.2, 0.25) is 0 Å². The van der Waals surface area contributed by atoms with E-state index in [0.717, 1.165) is 26.2 Å². The monoisotopic (exact) mass is 352 g/mol. The zero-order chi connectivity index (χ0) is 18.5. The number of hydrogen-bond donors (Lipinski definition) is 1. The average Bonchev–Trinajstić information content (AvgIpc) is 2.67. The van der Waals surface area contributed by atoms with E-state index in [1.807, 2.05) is 0 Å². The third-order valence-corrected chi connectivity index (χ3v) is 5.11. The smallest absolute Gasteiger partial charge is 0.304 e. The van der Waals surface area contributed by atoms with Crippen molar-refractivity contribution in [1.29, 1.82) is 0 Å². The van der Waals surface area contributed by atoms with Crippen LogP contribution in [-0.4, -0.2) is 48.7 Å². The largest absolute Gasteiger partial charge is 0.481 e. The normalized spacial score (nSPS) is 15.4. The number of carboxylic acid groups (broad SMARTS) is 1. The summed E-state index contributed by atoms with van der Waals surface area (Å²) in [6, 6.07) is 17.5. The molecule has 1 fully saturated rings. The highest BCUT2D eigenvalue weighted by Crippen LogP contribution is 2.28. The van der Waals surface area contributed by atoms with Gasteiger partial charge in [-0.25, -0.2) is 0 Å². The van der Waals surface area contributed by atoms with Gasteiger partial charge in [-0.2, -0.15) is 0 Å². The first-order valence-electron chi connectivity index (χ1n) is 9.42. The Hall–Kier alpha value is -2.33. The number of anilines is 1. The van der Waals surface area contributed by atoms with Crippen LogP contribution in [0.25, 0.3) is 11.1 Å². The first-order chi connectivity index (χ1) is 12.5. The van der Waals surface area contributed by atoms with Crippen molar-refractivity contribution >= 4 is 11.7 Å². The summed E-state index contributed by atoms with van der Waals surface area (Å²) in [4.78, 5) is 15.4. The van der Waals surface area contributed by atoms with E-state index in [0.29, 0.717) is 12.5 Å². The zero-order valence-electron chi connectivity index (χ0n) is 15.7. The van der Waals surface area contributed by atoms with Crippen molar-refractivity contribution in [3.63, 3.8) is 0 Å². The molecule has 0 saturated carbocycles. The maximum atomic E-state index is 10.7. The molecule has 0 aliphatic carbocycles. The van der Waals surface area contributed by atoms with Crippen molar-refractivity contribution in [2.24, 2.45) is 0 Å². The number of piperazine rings is 1. The molecule has 0 atom stereocenters. The van der Waals surface area contributed by atoms with E-state index in [-0.39, 0.29) is 6.42 Å². The maximum Gasteiger partial charge on any atom is 0.304 e. The predicted octanol–water partition coefficient (Wildman–Crippen LogP) is 4.07. The summed E-state index contributed by atoms with van der Waals surface area (Å²) < 4.78 is 0. The molecule has 0 aromatic heterocycles. The summed E-state index contributed by atoms with van der Waals surface area (Å²) in [6.45, 7) is 8.80. The number of benzene rings is 2. The number of hydrogen-bond acceptors (Lipinski definition) is 3. The molecule has 2 aromatic rings. The fourth-order valence-electron chi connectivity index (χ4n) is 3.44. The molecule has 1 aliphatic rings. The topological polar surface area (TPSA) is 43.8 Å². The number of rotatable bonds is 6. The molecule has 4 nitrogen and oxygen atoms in total. The number of aliphatic carboxylic acids is 1. The lowest BCUT2D eigenvalue weighted by atomic mass is 9.97. The number of carbonyl (C=O) groups is 1. The number of nitrogens with zero attached hydrogens (tertiary/aromatic N) is 2. The van der Waals surface area contributed by atoms with Gasteiger partial charge >= 0.3 is 5.97 Å². The second-order valence-corrected chi connectivity index (χ2v) is 7.30. The lowest BCUT2D eigenvalue weighted by Gasteiger charge is -2.36. The Bertz CT molecular complexity index is 749. The van der Waals surface area contributed by atoms with E-state index < -0.39 is 5.97 Å². The standard InChI is InChI=1S/C22H28N2O2/c1-17(2)18-5-3-6-19(15-18)20-7-4-8-21(16-20)24-13-11-23(12-14-24)10-9-22(25)26/h3-8,15-17H,9-14H2,1-2H3,(H,25,26). The molecular weight excluding hydrogens is 324 g/mol. The van der Waals surface area contributed by atoms with Crippen molar-refractivity contribution in [3.05, 3.63) is 54.1 Å². The highest BCUT2D eigenvalue weighted by Gasteiger charge is 2.18. The van der Waals surface area contributed by atoms with Gasteiger partial charge in [0.1, 0.15) is 0 Å². The molecule has 0 radical (unpaired) electrons. The van der Waals surface area contributed by atoms with Crippen LogP contribution in [0, 0.1) is 0 Å². The second-order valence-electron chi connectivity index (χ2n) is 7.30. The van der Waals surface area contributed by atoms with Gasteiger partial charge in [-0.3, -0.25) is 9.69 Å². The molecule has 1 aliphatic heterocycles. The summed E-state index contributed by atoms with van der Waals surface area (Å²) in [5, 5.41) is 8.83. The minimum absolute atomic E-state index is 0.224. The van der Waals surface area contributed by atoms with Crippen molar-refractivity contribution in [2.45, 2.75) is 26.2 Å². The molecule has 1 N–H and O–H groups in total. The summed E-state index contributed by atoms with van der Waals surface area (Å²) >= 11 is 0. The van der Waals surface area contributed by atoms with E-state index in [4.69, 9.17) is 5.11 Å². The predicted molar refractivity (Wildman–Crippen MR) is 107 cm³/mol. The highest BCUT2D eigenvalue weighted by molar-refractivity contribution is 5.69. The van der Waals surface area contributed by atoms with Gasteiger partial charge in [-0.15, -0.1) is 0 Å². The molecular formula is C22H28N2O2. The van der Waals surface area contributed by atoms with Crippen LogP contribution in [0.4, 0.5) is 5.69 Å². The van der Waals surface area contributed by atoms with E-state index in [2.05, 4.69) is 72.2 Å². The summed E-state index contributed by atoms with van der Waals surface area (Å²) in [5.41, 5.74) is 5.12. The van der Waals surface area contributed by atoms with E-state index in [1.165, 1.54) is 22.4 Å². The van der Waals surface area contributed by atoms with Crippen LogP contribution in [0.15, 0.2) is 48.5 Å². The SMILES string of the molecule is CC(C)c1cccc(-c2cccc(N3CCN(CCC(=O)O)CC3)c2)c1. The van der Waals surface area contributed by atoms with Crippen molar-refractivity contribution < 1.29 is 9.90 Å². The Kier molecular flexibility index (Phi) is 5.94. The molecule has 2 aromatic carbocycles.